The molecular formula is C15H16N2O3. The van der Waals surface area contributed by atoms with Crippen LogP contribution in [-0.4, -0.2) is 24.8 Å². The summed E-state index contributed by atoms with van der Waals surface area (Å²) < 4.78 is 0. The zero-order valence-corrected chi connectivity index (χ0v) is 11.3. The summed E-state index contributed by atoms with van der Waals surface area (Å²) in [5, 5.41) is 2.58. The fourth-order valence-electron chi connectivity index (χ4n) is 2.04. The normalized spacial score (nSPS) is 13.9. The summed E-state index contributed by atoms with van der Waals surface area (Å²) in [4.78, 5) is 35.3. The summed E-state index contributed by atoms with van der Waals surface area (Å²) >= 11 is 0. The van der Waals surface area contributed by atoms with Crippen LogP contribution in [0.3, 0.4) is 0 Å². The van der Waals surface area contributed by atoms with Crippen molar-refractivity contribution in [2.45, 2.75) is 19.3 Å². The van der Waals surface area contributed by atoms with Crippen molar-refractivity contribution in [2.75, 3.05) is 11.9 Å². The second-order valence-electron chi connectivity index (χ2n) is 4.54. The second-order valence-corrected chi connectivity index (χ2v) is 4.54. The van der Waals surface area contributed by atoms with E-state index in [1.165, 1.54) is 12.2 Å². The highest BCUT2D eigenvalue weighted by Gasteiger charge is 2.24. The standard InChI is InChI=1S/C15H16N2O3/c1-16-13(18)4-2-3-11-5-7-12(8-6-11)17-14(19)9-10-15(17)20/h5-10H,2-4H2,1H3,(H,16,18). The van der Waals surface area contributed by atoms with E-state index in [-0.39, 0.29) is 17.7 Å². The highest BCUT2D eigenvalue weighted by molar-refractivity contribution is 6.28. The lowest BCUT2D eigenvalue weighted by Gasteiger charge is -2.14. The van der Waals surface area contributed by atoms with Crippen LogP contribution in [0, 0.1) is 0 Å². The van der Waals surface area contributed by atoms with Gasteiger partial charge in [-0.1, -0.05) is 12.1 Å². The first kappa shape index (κ1) is 14.0. The maximum Gasteiger partial charge on any atom is 0.258 e. The molecule has 104 valence electrons. The molecule has 2 rings (SSSR count). The van der Waals surface area contributed by atoms with Gasteiger partial charge in [0.25, 0.3) is 11.8 Å². The van der Waals surface area contributed by atoms with Crippen molar-refractivity contribution in [3.05, 3.63) is 42.0 Å². The Bertz CT molecular complexity index is 543. The third-order valence-electron chi connectivity index (χ3n) is 3.15. The van der Waals surface area contributed by atoms with Crippen LogP contribution in [0.25, 0.3) is 0 Å². The van der Waals surface area contributed by atoms with Gasteiger partial charge in [-0.2, -0.15) is 0 Å². The van der Waals surface area contributed by atoms with E-state index in [0.717, 1.165) is 23.3 Å². The number of amides is 3. The van der Waals surface area contributed by atoms with Gasteiger partial charge in [0.05, 0.1) is 5.69 Å². The van der Waals surface area contributed by atoms with E-state index >= 15 is 0 Å². The molecule has 5 nitrogen and oxygen atoms in total. The average molecular weight is 272 g/mol. The van der Waals surface area contributed by atoms with E-state index in [1.807, 2.05) is 12.1 Å². The molecule has 3 amide bonds. The molecule has 1 aliphatic heterocycles. The Kier molecular flexibility index (Phi) is 4.30. The van der Waals surface area contributed by atoms with Gasteiger partial charge in [-0.25, -0.2) is 4.90 Å². The van der Waals surface area contributed by atoms with Crippen LogP contribution in [-0.2, 0) is 20.8 Å². The summed E-state index contributed by atoms with van der Waals surface area (Å²) in [6, 6.07) is 7.24. The summed E-state index contributed by atoms with van der Waals surface area (Å²) in [5.41, 5.74) is 1.64. The third-order valence-corrected chi connectivity index (χ3v) is 3.15. The fraction of sp³-hybridized carbons (Fsp3) is 0.267. The van der Waals surface area contributed by atoms with Gasteiger partial charge in [-0.3, -0.25) is 14.4 Å². The zero-order valence-electron chi connectivity index (χ0n) is 11.3. The quantitative estimate of drug-likeness (QED) is 0.819. The highest BCUT2D eigenvalue weighted by atomic mass is 16.2. The molecule has 1 heterocycles. The SMILES string of the molecule is CNC(=O)CCCc1ccc(N2C(=O)C=CC2=O)cc1. The average Bonchev–Trinajstić information content (AvgIpc) is 2.79. The van der Waals surface area contributed by atoms with Gasteiger partial charge in [0.2, 0.25) is 5.91 Å². The third kappa shape index (κ3) is 3.12. The van der Waals surface area contributed by atoms with Gasteiger partial charge in [0, 0.05) is 25.6 Å². The predicted octanol–water partition coefficient (Wildman–Crippen LogP) is 1.18. The molecule has 0 atom stereocenters. The molecule has 0 fully saturated rings. The topological polar surface area (TPSA) is 66.5 Å². The Hall–Kier alpha value is -2.43. The Morgan fingerprint density at radius 2 is 1.70 bits per heavy atom. The van der Waals surface area contributed by atoms with Gasteiger partial charge in [0.1, 0.15) is 0 Å². The minimum absolute atomic E-state index is 0.0287. The van der Waals surface area contributed by atoms with Crippen LogP contribution in [0.2, 0.25) is 0 Å². The monoisotopic (exact) mass is 272 g/mol. The molecule has 1 aromatic carbocycles. The smallest absolute Gasteiger partial charge is 0.258 e. The Morgan fingerprint density at radius 1 is 1.10 bits per heavy atom. The first-order valence-electron chi connectivity index (χ1n) is 6.47. The van der Waals surface area contributed by atoms with Crippen molar-refractivity contribution < 1.29 is 14.4 Å². The van der Waals surface area contributed by atoms with E-state index in [9.17, 15) is 14.4 Å². The minimum Gasteiger partial charge on any atom is -0.359 e. The molecule has 0 aromatic heterocycles. The van der Waals surface area contributed by atoms with E-state index in [2.05, 4.69) is 5.32 Å². The van der Waals surface area contributed by atoms with Crippen LogP contribution in [0.1, 0.15) is 18.4 Å². The second kappa shape index (κ2) is 6.14. The van der Waals surface area contributed by atoms with E-state index in [1.54, 1.807) is 19.2 Å². The summed E-state index contributed by atoms with van der Waals surface area (Å²) in [7, 11) is 1.62. The summed E-state index contributed by atoms with van der Waals surface area (Å²) in [6.45, 7) is 0. The van der Waals surface area contributed by atoms with E-state index in [4.69, 9.17) is 0 Å². The van der Waals surface area contributed by atoms with Gasteiger partial charge in [-0.05, 0) is 30.5 Å². The molecule has 5 heteroatoms. The largest absolute Gasteiger partial charge is 0.359 e. The number of carbonyl (C=O) groups is 3. The number of carbonyl (C=O) groups excluding carboxylic acids is 3. The van der Waals surface area contributed by atoms with Crippen molar-refractivity contribution in [1.82, 2.24) is 5.32 Å². The van der Waals surface area contributed by atoms with Crippen LogP contribution in [0.5, 0.6) is 0 Å². The minimum atomic E-state index is -0.317. The molecule has 0 bridgehead atoms. The fourth-order valence-corrected chi connectivity index (χ4v) is 2.04. The number of imide groups is 1. The highest BCUT2D eigenvalue weighted by Crippen LogP contribution is 2.20. The van der Waals surface area contributed by atoms with E-state index in [0.29, 0.717) is 12.1 Å². The Labute approximate surface area is 117 Å². The van der Waals surface area contributed by atoms with Crippen molar-refractivity contribution >= 4 is 23.4 Å². The molecule has 1 aromatic rings. The summed E-state index contributed by atoms with van der Waals surface area (Å²) in [5.74, 6) is -0.606. The maximum absolute atomic E-state index is 11.5. The molecule has 0 radical (unpaired) electrons. The number of nitrogens with zero attached hydrogens (tertiary/aromatic N) is 1. The first-order chi connectivity index (χ1) is 9.61. The van der Waals surface area contributed by atoms with Gasteiger partial charge in [0.15, 0.2) is 0 Å². The van der Waals surface area contributed by atoms with Crippen LogP contribution in [0.15, 0.2) is 36.4 Å². The number of hydrogen-bond donors (Lipinski definition) is 1. The number of aryl methyl sites for hydroxylation is 1. The van der Waals surface area contributed by atoms with Crippen molar-refractivity contribution in [3.63, 3.8) is 0 Å². The molecule has 0 unspecified atom stereocenters. The first-order valence-corrected chi connectivity index (χ1v) is 6.47. The number of nitrogens with one attached hydrogen (secondary N) is 1. The molecule has 0 aliphatic carbocycles. The van der Waals surface area contributed by atoms with Crippen molar-refractivity contribution in [1.29, 1.82) is 0 Å². The van der Waals surface area contributed by atoms with Crippen LogP contribution >= 0.6 is 0 Å². The van der Waals surface area contributed by atoms with Crippen LogP contribution in [0.4, 0.5) is 5.69 Å². The Morgan fingerprint density at radius 3 is 2.25 bits per heavy atom. The van der Waals surface area contributed by atoms with Gasteiger partial charge >= 0.3 is 0 Å². The molecular weight excluding hydrogens is 256 g/mol. The molecule has 1 N–H and O–H groups in total. The summed E-state index contributed by atoms with van der Waals surface area (Å²) in [6.07, 6.45) is 4.57. The molecule has 0 saturated carbocycles. The Balaban J connectivity index is 1.95. The zero-order chi connectivity index (χ0) is 14.5. The lowest BCUT2D eigenvalue weighted by Crippen LogP contribution is -2.29. The van der Waals surface area contributed by atoms with E-state index < -0.39 is 0 Å². The number of benzene rings is 1. The lowest BCUT2D eigenvalue weighted by atomic mass is 10.1. The van der Waals surface area contributed by atoms with Crippen molar-refractivity contribution in [2.24, 2.45) is 0 Å². The van der Waals surface area contributed by atoms with Crippen LogP contribution < -0.4 is 10.2 Å². The number of hydrogen-bond acceptors (Lipinski definition) is 3. The number of anilines is 1. The van der Waals surface area contributed by atoms with Gasteiger partial charge in [-0.15, -0.1) is 0 Å². The molecule has 0 saturated heterocycles. The molecule has 20 heavy (non-hydrogen) atoms. The number of rotatable bonds is 5. The molecule has 1 aliphatic rings. The van der Waals surface area contributed by atoms with Gasteiger partial charge < -0.3 is 5.32 Å². The van der Waals surface area contributed by atoms with Crippen molar-refractivity contribution in [3.8, 4) is 0 Å². The lowest BCUT2D eigenvalue weighted by molar-refractivity contribution is -0.121. The maximum atomic E-state index is 11.5. The predicted molar refractivity (Wildman–Crippen MR) is 75.1 cm³/mol. The molecule has 0 spiro atoms.